The van der Waals surface area contributed by atoms with E-state index in [0.717, 1.165) is 6.08 Å². The monoisotopic (exact) mass is 303 g/mol. The van der Waals surface area contributed by atoms with Crippen LogP contribution in [0.5, 0.6) is 5.75 Å². The highest BCUT2D eigenvalue weighted by Crippen LogP contribution is 2.23. The second kappa shape index (κ2) is 6.67. The highest BCUT2D eigenvalue weighted by molar-refractivity contribution is 6.32. The molecule has 2 aromatic carbocycles. The molecular weight excluding hydrogens is 294 g/mol. The number of nitro benzene ring substituents is 1. The predicted molar refractivity (Wildman–Crippen MR) is 79.2 cm³/mol. The smallest absolute Gasteiger partial charge is 0.336 e. The summed E-state index contributed by atoms with van der Waals surface area (Å²) in [6.07, 6.45) is 2.54. The number of para-hydroxylation sites is 1. The van der Waals surface area contributed by atoms with E-state index in [1.54, 1.807) is 30.3 Å². The van der Waals surface area contributed by atoms with Gasteiger partial charge in [-0.2, -0.15) is 0 Å². The molecule has 0 bridgehead atoms. The van der Waals surface area contributed by atoms with E-state index in [9.17, 15) is 14.9 Å². The maximum atomic E-state index is 11.6. The number of rotatable bonds is 4. The lowest BCUT2D eigenvalue weighted by molar-refractivity contribution is -0.384. The van der Waals surface area contributed by atoms with Crippen LogP contribution in [0.3, 0.4) is 0 Å². The molecule has 0 aromatic heterocycles. The number of non-ortho nitro benzene ring substituents is 1. The minimum absolute atomic E-state index is 0.101. The van der Waals surface area contributed by atoms with Crippen molar-refractivity contribution in [1.29, 1.82) is 0 Å². The van der Waals surface area contributed by atoms with Gasteiger partial charge < -0.3 is 4.74 Å². The number of esters is 1. The quantitative estimate of drug-likeness (QED) is 0.283. The Hall–Kier alpha value is -2.66. The minimum atomic E-state index is -0.594. The van der Waals surface area contributed by atoms with E-state index in [2.05, 4.69) is 0 Å². The van der Waals surface area contributed by atoms with Gasteiger partial charge in [0.1, 0.15) is 5.75 Å². The van der Waals surface area contributed by atoms with Gasteiger partial charge in [-0.3, -0.25) is 10.1 Å². The average molecular weight is 304 g/mol. The fourth-order valence-electron chi connectivity index (χ4n) is 1.57. The van der Waals surface area contributed by atoms with E-state index in [-0.39, 0.29) is 5.69 Å². The first-order chi connectivity index (χ1) is 10.1. The number of carbonyl (C=O) groups excluding carboxylic acids is 1. The third kappa shape index (κ3) is 4.15. The Morgan fingerprint density at radius 3 is 2.57 bits per heavy atom. The molecule has 106 valence electrons. The molecule has 0 unspecified atom stereocenters. The van der Waals surface area contributed by atoms with Crippen molar-refractivity contribution in [3.05, 3.63) is 75.3 Å². The number of nitrogens with zero attached hydrogens (tertiary/aromatic N) is 1. The normalized spacial score (nSPS) is 10.5. The zero-order valence-electron chi connectivity index (χ0n) is 10.7. The van der Waals surface area contributed by atoms with Gasteiger partial charge in [-0.1, -0.05) is 29.8 Å². The van der Waals surface area contributed by atoms with Crippen LogP contribution < -0.4 is 4.74 Å². The largest absolute Gasteiger partial charge is 0.423 e. The van der Waals surface area contributed by atoms with Crippen LogP contribution in [0.15, 0.2) is 54.6 Å². The van der Waals surface area contributed by atoms with Crippen molar-refractivity contribution in [2.75, 3.05) is 0 Å². The summed E-state index contributed by atoms with van der Waals surface area (Å²) >= 11 is 5.92. The molecule has 2 aromatic rings. The van der Waals surface area contributed by atoms with Crippen molar-refractivity contribution in [3.8, 4) is 5.75 Å². The number of nitro groups is 1. The van der Waals surface area contributed by atoms with E-state index in [4.69, 9.17) is 16.3 Å². The summed E-state index contributed by atoms with van der Waals surface area (Å²) in [6.45, 7) is 0. The highest BCUT2D eigenvalue weighted by atomic mass is 35.5. The highest BCUT2D eigenvalue weighted by Gasteiger charge is 2.08. The van der Waals surface area contributed by atoms with Crippen LogP contribution in [-0.4, -0.2) is 10.9 Å². The number of halogens is 1. The summed E-state index contributed by atoms with van der Waals surface area (Å²) in [5.74, 6) is -0.180. The van der Waals surface area contributed by atoms with Gasteiger partial charge in [0.25, 0.3) is 5.69 Å². The predicted octanol–water partition coefficient (Wildman–Crippen LogP) is 3.87. The van der Waals surface area contributed by atoms with Crippen LogP contribution in [0.1, 0.15) is 5.56 Å². The molecule has 21 heavy (non-hydrogen) atoms. The molecule has 0 saturated carbocycles. The van der Waals surface area contributed by atoms with E-state index >= 15 is 0 Å². The van der Waals surface area contributed by atoms with Gasteiger partial charge in [0.15, 0.2) is 0 Å². The molecule has 0 N–H and O–H groups in total. The van der Waals surface area contributed by atoms with Crippen LogP contribution in [0.4, 0.5) is 5.69 Å². The van der Waals surface area contributed by atoms with Crippen LogP contribution in [0.25, 0.3) is 6.08 Å². The molecule has 0 aliphatic heterocycles. The van der Waals surface area contributed by atoms with Crippen molar-refractivity contribution >= 4 is 29.3 Å². The Labute approximate surface area is 125 Å². The van der Waals surface area contributed by atoms with Gasteiger partial charge in [-0.25, -0.2) is 4.79 Å². The molecule has 0 amide bonds. The number of benzene rings is 2. The van der Waals surface area contributed by atoms with Crippen molar-refractivity contribution < 1.29 is 14.5 Å². The van der Waals surface area contributed by atoms with Crippen LogP contribution >= 0.6 is 11.6 Å². The van der Waals surface area contributed by atoms with E-state index < -0.39 is 10.9 Å². The Morgan fingerprint density at radius 2 is 1.90 bits per heavy atom. The zero-order chi connectivity index (χ0) is 15.2. The third-order valence-electron chi connectivity index (χ3n) is 2.55. The maximum absolute atomic E-state index is 11.6. The van der Waals surface area contributed by atoms with E-state index in [1.807, 2.05) is 0 Å². The SMILES string of the molecule is O=C(/C=C\c1cc([N+](=O)[O-])ccc1Cl)Oc1ccccc1. The second-order valence-corrected chi connectivity index (χ2v) is 4.44. The van der Waals surface area contributed by atoms with Gasteiger partial charge in [0.05, 0.1) is 4.92 Å². The number of hydrogen-bond donors (Lipinski definition) is 0. The summed E-state index contributed by atoms with van der Waals surface area (Å²) in [5.41, 5.74) is 0.270. The Morgan fingerprint density at radius 1 is 1.19 bits per heavy atom. The maximum Gasteiger partial charge on any atom is 0.336 e. The van der Waals surface area contributed by atoms with Crippen LogP contribution in [0.2, 0.25) is 5.02 Å². The fourth-order valence-corrected chi connectivity index (χ4v) is 1.75. The first-order valence-corrected chi connectivity index (χ1v) is 6.33. The van der Waals surface area contributed by atoms with Gasteiger partial charge in [-0.05, 0) is 24.3 Å². The Balaban J connectivity index is 2.12. The molecule has 0 aliphatic carbocycles. The molecule has 0 aliphatic rings. The van der Waals surface area contributed by atoms with E-state index in [1.165, 1.54) is 24.3 Å². The molecule has 0 saturated heterocycles. The van der Waals surface area contributed by atoms with Crippen molar-refractivity contribution in [2.24, 2.45) is 0 Å². The Kier molecular flexibility index (Phi) is 4.68. The van der Waals surface area contributed by atoms with E-state index in [0.29, 0.717) is 16.3 Å². The molecule has 5 nitrogen and oxygen atoms in total. The fraction of sp³-hybridized carbons (Fsp3) is 0. The van der Waals surface area contributed by atoms with Gasteiger partial charge in [-0.15, -0.1) is 0 Å². The Bertz CT molecular complexity index is 698. The average Bonchev–Trinajstić information content (AvgIpc) is 2.47. The van der Waals surface area contributed by atoms with Crippen molar-refractivity contribution in [3.63, 3.8) is 0 Å². The zero-order valence-corrected chi connectivity index (χ0v) is 11.5. The summed E-state index contributed by atoms with van der Waals surface area (Å²) in [7, 11) is 0. The van der Waals surface area contributed by atoms with Crippen LogP contribution in [0, 0.1) is 10.1 Å². The standard InChI is InChI=1S/C15H10ClNO4/c16-14-8-7-12(17(19)20)10-11(14)6-9-15(18)21-13-4-2-1-3-5-13/h1-10H/b9-6-. The number of carbonyl (C=O) groups is 1. The molecule has 0 spiro atoms. The third-order valence-corrected chi connectivity index (χ3v) is 2.90. The second-order valence-electron chi connectivity index (χ2n) is 4.03. The minimum Gasteiger partial charge on any atom is -0.423 e. The van der Waals surface area contributed by atoms with Gasteiger partial charge >= 0.3 is 5.97 Å². The summed E-state index contributed by atoms with van der Waals surface area (Å²) in [5, 5.41) is 11.0. The number of ether oxygens (including phenoxy) is 1. The molecule has 0 atom stereocenters. The molecular formula is C15H10ClNO4. The first-order valence-electron chi connectivity index (χ1n) is 5.95. The lowest BCUT2D eigenvalue weighted by Crippen LogP contribution is -2.03. The number of hydrogen-bond acceptors (Lipinski definition) is 4. The van der Waals surface area contributed by atoms with Gasteiger partial charge in [0.2, 0.25) is 0 Å². The topological polar surface area (TPSA) is 69.4 Å². The van der Waals surface area contributed by atoms with Crippen LogP contribution in [-0.2, 0) is 4.79 Å². The molecule has 0 fully saturated rings. The molecule has 0 heterocycles. The summed E-state index contributed by atoms with van der Waals surface area (Å²) in [4.78, 5) is 21.8. The lowest BCUT2D eigenvalue weighted by Gasteiger charge is -2.00. The first kappa shape index (κ1) is 14.7. The molecule has 0 radical (unpaired) electrons. The van der Waals surface area contributed by atoms with Gasteiger partial charge in [0, 0.05) is 28.8 Å². The lowest BCUT2D eigenvalue weighted by atomic mass is 10.2. The summed E-state index contributed by atoms with van der Waals surface area (Å²) in [6, 6.07) is 12.6. The summed E-state index contributed by atoms with van der Waals surface area (Å²) < 4.78 is 5.05. The molecule has 6 heteroatoms. The molecule has 2 rings (SSSR count). The van der Waals surface area contributed by atoms with Crippen molar-refractivity contribution in [1.82, 2.24) is 0 Å². The van der Waals surface area contributed by atoms with Crippen molar-refractivity contribution in [2.45, 2.75) is 0 Å².